The van der Waals surface area contributed by atoms with Crippen LogP contribution >= 0.6 is 27.3 Å². The zero-order valence-electron chi connectivity index (χ0n) is 16.2. The van der Waals surface area contributed by atoms with E-state index in [-0.39, 0.29) is 17.9 Å². The van der Waals surface area contributed by atoms with Crippen LogP contribution in [-0.2, 0) is 4.79 Å². The van der Waals surface area contributed by atoms with Crippen molar-refractivity contribution in [2.75, 3.05) is 10.6 Å². The van der Waals surface area contributed by atoms with Crippen LogP contribution in [0.3, 0.4) is 0 Å². The molecule has 8 heteroatoms. The van der Waals surface area contributed by atoms with Crippen molar-refractivity contribution in [2.45, 2.75) is 26.9 Å². The number of nitrogens with zero attached hydrogens (tertiary/aromatic N) is 1. The summed E-state index contributed by atoms with van der Waals surface area (Å²) >= 11 is 4.75. The van der Waals surface area contributed by atoms with Crippen molar-refractivity contribution >= 4 is 49.9 Å². The third-order valence-corrected chi connectivity index (χ3v) is 5.03. The van der Waals surface area contributed by atoms with Crippen molar-refractivity contribution in [3.8, 4) is 17.0 Å². The molecule has 2 amide bonds. The molecule has 0 spiro atoms. The van der Waals surface area contributed by atoms with Crippen LogP contribution in [0.25, 0.3) is 11.3 Å². The topological polar surface area (TPSA) is 80.3 Å². The van der Waals surface area contributed by atoms with Gasteiger partial charge >= 0.3 is 0 Å². The molecule has 1 heterocycles. The number of carbonyl (C=O) groups excluding carboxylic acids is 2. The molecule has 0 bridgehead atoms. The van der Waals surface area contributed by atoms with Gasteiger partial charge < -0.3 is 10.1 Å². The third-order valence-electron chi connectivity index (χ3n) is 3.78. The number of hydrogen-bond acceptors (Lipinski definition) is 5. The van der Waals surface area contributed by atoms with E-state index in [0.29, 0.717) is 16.4 Å². The highest BCUT2D eigenvalue weighted by atomic mass is 79.9. The Morgan fingerprint density at radius 3 is 2.48 bits per heavy atom. The molecule has 0 saturated heterocycles. The number of ether oxygens (including phenoxy) is 1. The lowest BCUT2D eigenvalue weighted by atomic mass is 10.1. The summed E-state index contributed by atoms with van der Waals surface area (Å²) in [7, 11) is 0. The summed E-state index contributed by atoms with van der Waals surface area (Å²) in [6, 6.07) is 12.7. The van der Waals surface area contributed by atoms with Crippen molar-refractivity contribution in [1.82, 2.24) is 4.98 Å². The Hall–Kier alpha value is -2.71. The Labute approximate surface area is 181 Å². The Bertz CT molecular complexity index is 1030. The molecule has 2 N–H and O–H groups in total. The number of carbonyl (C=O) groups is 2. The highest BCUT2D eigenvalue weighted by Gasteiger charge is 2.16. The maximum Gasteiger partial charge on any atom is 0.261 e. The van der Waals surface area contributed by atoms with E-state index >= 15 is 0 Å². The maximum atomic E-state index is 12.7. The Morgan fingerprint density at radius 1 is 1.10 bits per heavy atom. The SMILES string of the molecule is CC(=O)Nc1ccc(-c2csc(NC(=O)c3ccc(Br)cc3OC(C)C)n2)cc1. The first-order valence-electron chi connectivity index (χ1n) is 8.93. The van der Waals surface area contributed by atoms with E-state index in [1.807, 2.05) is 43.5 Å². The second kappa shape index (κ2) is 9.19. The Morgan fingerprint density at radius 2 is 1.83 bits per heavy atom. The minimum absolute atomic E-state index is 0.0530. The molecule has 0 aliphatic carbocycles. The van der Waals surface area contributed by atoms with E-state index < -0.39 is 0 Å². The van der Waals surface area contributed by atoms with Gasteiger partial charge in [-0.05, 0) is 44.2 Å². The highest BCUT2D eigenvalue weighted by molar-refractivity contribution is 9.10. The van der Waals surface area contributed by atoms with Crippen molar-refractivity contribution in [3.05, 3.63) is 57.9 Å². The molecule has 29 heavy (non-hydrogen) atoms. The molecule has 0 fully saturated rings. The molecular weight excluding hydrogens is 454 g/mol. The van der Waals surface area contributed by atoms with Crippen LogP contribution in [0.5, 0.6) is 5.75 Å². The minimum atomic E-state index is -0.282. The lowest BCUT2D eigenvalue weighted by Crippen LogP contribution is -2.15. The molecule has 0 atom stereocenters. The fourth-order valence-corrected chi connectivity index (χ4v) is 3.65. The number of thiazole rings is 1. The van der Waals surface area contributed by atoms with Gasteiger partial charge in [0.25, 0.3) is 5.91 Å². The maximum absolute atomic E-state index is 12.7. The quantitative estimate of drug-likeness (QED) is 0.490. The molecule has 150 valence electrons. The summed E-state index contributed by atoms with van der Waals surface area (Å²) in [6.07, 6.45) is -0.0530. The Kier molecular flexibility index (Phi) is 6.66. The molecule has 0 aliphatic heterocycles. The zero-order valence-corrected chi connectivity index (χ0v) is 18.6. The van der Waals surface area contributed by atoms with Crippen molar-refractivity contribution in [3.63, 3.8) is 0 Å². The normalized spacial score (nSPS) is 10.7. The second-order valence-corrected chi connectivity index (χ2v) is 8.33. The fourth-order valence-electron chi connectivity index (χ4n) is 2.59. The van der Waals surface area contributed by atoms with Gasteiger partial charge in [-0.25, -0.2) is 4.98 Å². The largest absolute Gasteiger partial charge is 0.490 e. The molecule has 3 aromatic rings. The minimum Gasteiger partial charge on any atom is -0.490 e. The van der Waals surface area contributed by atoms with Gasteiger partial charge in [0.05, 0.1) is 17.4 Å². The van der Waals surface area contributed by atoms with Gasteiger partial charge in [0, 0.05) is 28.0 Å². The number of nitrogens with one attached hydrogen (secondary N) is 2. The van der Waals surface area contributed by atoms with Crippen molar-refractivity contribution < 1.29 is 14.3 Å². The summed E-state index contributed by atoms with van der Waals surface area (Å²) < 4.78 is 6.60. The van der Waals surface area contributed by atoms with Gasteiger partial charge in [-0.2, -0.15) is 0 Å². The first-order chi connectivity index (χ1) is 13.8. The molecule has 0 unspecified atom stereocenters. The second-order valence-electron chi connectivity index (χ2n) is 6.56. The van der Waals surface area contributed by atoms with Crippen LogP contribution < -0.4 is 15.4 Å². The summed E-state index contributed by atoms with van der Waals surface area (Å²) in [5, 5.41) is 7.93. The smallest absolute Gasteiger partial charge is 0.261 e. The first-order valence-corrected chi connectivity index (χ1v) is 10.6. The summed E-state index contributed by atoms with van der Waals surface area (Å²) in [5.41, 5.74) is 2.80. The van der Waals surface area contributed by atoms with Crippen LogP contribution in [0, 0.1) is 0 Å². The first kappa shape index (κ1) is 21.0. The molecular formula is C21H20BrN3O3S. The van der Waals surface area contributed by atoms with Crippen LogP contribution in [0.4, 0.5) is 10.8 Å². The van der Waals surface area contributed by atoms with Crippen LogP contribution in [0.1, 0.15) is 31.1 Å². The van der Waals surface area contributed by atoms with E-state index in [1.54, 1.807) is 18.2 Å². The third kappa shape index (κ3) is 5.65. The van der Waals surface area contributed by atoms with Gasteiger partial charge in [0.1, 0.15) is 5.75 Å². The van der Waals surface area contributed by atoms with Gasteiger partial charge in [0.15, 0.2) is 5.13 Å². The van der Waals surface area contributed by atoms with E-state index in [4.69, 9.17) is 4.74 Å². The molecule has 1 aromatic heterocycles. The molecule has 6 nitrogen and oxygen atoms in total. The monoisotopic (exact) mass is 473 g/mol. The number of benzene rings is 2. The van der Waals surface area contributed by atoms with Gasteiger partial charge in [-0.15, -0.1) is 11.3 Å². The molecule has 0 aliphatic rings. The van der Waals surface area contributed by atoms with E-state index in [9.17, 15) is 9.59 Å². The predicted octanol–water partition coefficient (Wildman–Crippen LogP) is 5.57. The van der Waals surface area contributed by atoms with Crippen molar-refractivity contribution in [2.24, 2.45) is 0 Å². The van der Waals surface area contributed by atoms with Crippen LogP contribution in [-0.4, -0.2) is 22.9 Å². The number of anilines is 2. The van der Waals surface area contributed by atoms with E-state index in [0.717, 1.165) is 21.4 Å². The number of hydrogen-bond donors (Lipinski definition) is 2. The van der Waals surface area contributed by atoms with Gasteiger partial charge in [-0.3, -0.25) is 14.9 Å². The fraction of sp³-hybridized carbons (Fsp3) is 0.190. The zero-order chi connectivity index (χ0) is 21.0. The van der Waals surface area contributed by atoms with Gasteiger partial charge in [-0.1, -0.05) is 28.1 Å². The number of halogens is 1. The number of rotatable bonds is 6. The predicted molar refractivity (Wildman–Crippen MR) is 120 cm³/mol. The summed E-state index contributed by atoms with van der Waals surface area (Å²) in [4.78, 5) is 28.4. The molecule has 0 radical (unpaired) electrons. The Balaban J connectivity index is 1.75. The summed E-state index contributed by atoms with van der Waals surface area (Å²) in [6.45, 7) is 5.28. The number of aromatic nitrogens is 1. The molecule has 2 aromatic carbocycles. The van der Waals surface area contributed by atoms with E-state index in [2.05, 4.69) is 31.5 Å². The lowest BCUT2D eigenvalue weighted by Gasteiger charge is -2.14. The number of amides is 2. The lowest BCUT2D eigenvalue weighted by molar-refractivity contribution is -0.114. The van der Waals surface area contributed by atoms with Crippen LogP contribution in [0.2, 0.25) is 0 Å². The summed E-state index contributed by atoms with van der Waals surface area (Å²) in [5.74, 6) is 0.109. The standard InChI is InChI=1S/C21H20BrN3O3S/c1-12(2)28-19-10-15(22)6-9-17(19)20(27)25-21-24-18(11-29-21)14-4-7-16(8-5-14)23-13(3)26/h4-12H,1-3H3,(H,23,26)(H,24,25,27). The van der Waals surface area contributed by atoms with Crippen LogP contribution in [0.15, 0.2) is 52.3 Å². The average Bonchev–Trinajstić information content (AvgIpc) is 3.09. The molecule has 0 saturated carbocycles. The average molecular weight is 474 g/mol. The molecule has 3 rings (SSSR count). The van der Waals surface area contributed by atoms with Gasteiger partial charge in [0.2, 0.25) is 5.91 Å². The van der Waals surface area contributed by atoms with E-state index in [1.165, 1.54) is 18.3 Å². The van der Waals surface area contributed by atoms with Crippen molar-refractivity contribution in [1.29, 1.82) is 0 Å². The highest BCUT2D eigenvalue weighted by Crippen LogP contribution is 2.29.